The zero-order valence-corrected chi connectivity index (χ0v) is 14.4. The lowest BCUT2D eigenvalue weighted by atomic mass is 9.95. The van der Waals surface area contributed by atoms with Crippen LogP contribution in [0.15, 0.2) is 48.7 Å². The van der Waals surface area contributed by atoms with E-state index in [-0.39, 0.29) is 17.9 Å². The summed E-state index contributed by atoms with van der Waals surface area (Å²) in [5, 5.41) is 8.63. The molecular weight excluding hydrogens is 328 g/mol. The van der Waals surface area contributed by atoms with Crippen LogP contribution < -0.4 is 4.74 Å². The lowest BCUT2D eigenvalue weighted by molar-refractivity contribution is -0.138. The number of carbonyl (C=O) groups is 1. The smallest absolute Gasteiger partial charge is 0.230 e. The van der Waals surface area contributed by atoms with Gasteiger partial charge in [0.2, 0.25) is 5.91 Å². The Kier molecular flexibility index (Phi) is 3.62. The number of benzene rings is 1. The third kappa shape index (κ3) is 2.44. The van der Waals surface area contributed by atoms with Crippen molar-refractivity contribution < 1.29 is 9.53 Å². The van der Waals surface area contributed by atoms with Crippen LogP contribution in [0.25, 0.3) is 5.65 Å². The fourth-order valence-corrected chi connectivity index (χ4v) is 4.11. The molecule has 26 heavy (non-hydrogen) atoms. The summed E-state index contributed by atoms with van der Waals surface area (Å²) in [6.45, 7) is 1.21. The first-order valence-electron chi connectivity index (χ1n) is 9.12. The maximum Gasteiger partial charge on any atom is 0.230 e. The van der Waals surface area contributed by atoms with E-state index in [9.17, 15) is 4.79 Å². The molecule has 6 nitrogen and oxygen atoms in total. The number of hydrogen-bond donors (Lipinski definition) is 0. The number of carbonyl (C=O) groups excluding carboxylic acids is 1. The Morgan fingerprint density at radius 1 is 1.12 bits per heavy atom. The zero-order chi connectivity index (χ0) is 17.5. The molecule has 0 bridgehead atoms. The summed E-state index contributed by atoms with van der Waals surface area (Å²) in [6, 6.07) is 13.8. The van der Waals surface area contributed by atoms with E-state index < -0.39 is 0 Å². The minimum Gasteiger partial charge on any atom is -0.492 e. The van der Waals surface area contributed by atoms with Crippen LogP contribution in [0.2, 0.25) is 0 Å². The van der Waals surface area contributed by atoms with Gasteiger partial charge in [-0.1, -0.05) is 24.3 Å². The molecule has 1 amide bonds. The SMILES string of the molecule is O=C([C@H]1COc2ccccc2C1)N1CCC[C@H]1c1nnc2ccccn12. The van der Waals surface area contributed by atoms with Crippen molar-refractivity contribution in [2.24, 2.45) is 5.92 Å². The molecule has 132 valence electrons. The van der Waals surface area contributed by atoms with Crippen molar-refractivity contribution in [3.8, 4) is 5.75 Å². The van der Waals surface area contributed by atoms with Crippen LogP contribution in [0.3, 0.4) is 0 Å². The van der Waals surface area contributed by atoms with Gasteiger partial charge < -0.3 is 9.64 Å². The van der Waals surface area contributed by atoms with Gasteiger partial charge in [-0.05, 0) is 43.0 Å². The number of amides is 1. The van der Waals surface area contributed by atoms with E-state index >= 15 is 0 Å². The molecule has 0 radical (unpaired) electrons. The number of ether oxygens (including phenoxy) is 1. The Morgan fingerprint density at radius 2 is 2.00 bits per heavy atom. The third-order valence-electron chi connectivity index (χ3n) is 5.40. The van der Waals surface area contributed by atoms with E-state index in [1.165, 1.54) is 0 Å². The van der Waals surface area contributed by atoms with Crippen LogP contribution in [0.5, 0.6) is 5.75 Å². The van der Waals surface area contributed by atoms with E-state index in [4.69, 9.17) is 4.74 Å². The number of likely N-dealkylation sites (tertiary alicyclic amines) is 1. The van der Waals surface area contributed by atoms with Crippen molar-refractivity contribution in [3.63, 3.8) is 0 Å². The monoisotopic (exact) mass is 348 g/mol. The van der Waals surface area contributed by atoms with Gasteiger partial charge in [0.1, 0.15) is 12.4 Å². The van der Waals surface area contributed by atoms with Gasteiger partial charge in [-0.2, -0.15) is 0 Å². The van der Waals surface area contributed by atoms with Crippen molar-refractivity contribution in [2.75, 3.05) is 13.2 Å². The van der Waals surface area contributed by atoms with Crippen LogP contribution in [0.4, 0.5) is 0 Å². The first-order chi connectivity index (χ1) is 12.8. The Hall–Kier alpha value is -2.89. The Bertz CT molecular complexity index is 967. The predicted octanol–water partition coefficient (Wildman–Crippen LogP) is 2.64. The van der Waals surface area contributed by atoms with Gasteiger partial charge in [0, 0.05) is 12.7 Å². The predicted molar refractivity (Wildman–Crippen MR) is 95.8 cm³/mol. The molecule has 0 unspecified atom stereocenters. The van der Waals surface area contributed by atoms with Gasteiger partial charge in [-0.25, -0.2) is 0 Å². The van der Waals surface area contributed by atoms with Crippen molar-refractivity contribution in [2.45, 2.75) is 25.3 Å². The Labute approximate surface area is 151 Å². The second-order valence-corrected chi connectivity index (χ2v) is 7.00. The van der Waals surface area contributed by atoms with E-state index in [1.807, 2.05) is 58.0 Å². The topological polar surface area (TPSA) is 59.7 Å². The second kappa shape index (κ2) is 6.12. The number of pyridine rings is 1. The fraction of sp³-hybridized carbons (Fsp3) is 0.350. The molecule has 4 heterocycles. The highest BCUT2D eigenvalue weighted by atomic mass is 16.5. The summed E-state index contributed by atoms with van der Waals surface area (Å²) >= 11 is 0. The highest BCUT2D eigenvalue weighted by Gasteiger charge is 2.37. The molecule has 1 aromatic carbocycles. The first kappa shape index (κ1) is 15.4. The molecule has 1 fully saturated rings. The van der Waals surface area contributed by atoms with Gasteiger partial charge in [-0.15, -0.1) is 10.2 Å². The zero-order valence-electron chi connectivity index (χ0n) is 14.4. The van der Waals surface area contributed by atoms with E-state index in [2.05, 4.69) is 10.2 Å². The highest BCUT2D eigenvalue weighted by molar-refractivity contribution is 5.80. The number of hydrogen-bond acceptors (Lipinski definition) is 4. The Morgan fingerprint density at radius 3 is 2.96 bits per heavy atom. The first-order valence-corrected chi connectivity index (χ1v) is 9.12. The Balaban J connectivity index is 1.41. The molecule has 1 saturated heterocycles. The molecular formula is C20H20N4O2. The number of fused-ring (bicyclic) bond motifs is 2. The van der Waals surface area contributed by atoms with Gasteiger partial charge in [-0.3, -0.25) is 9.20 Å². The number of rotatable bonds is 2. The third-order valence-corrected chi connectivity index (χ3v) is 5.40. The van der Waals surface area contributed by atoms with Crippen molar-refractivity contribution in [1.29, 1.82) is 0 Å². The lowest BCUT2D eigenvalue weighted by Crippen LogP contribution is -2.40. The van der Waals surface area contributed by atoms with E-state index in [1.54, 1.807) is 0 Å². The van der Waals surface area contributed by atoms with E-state index in [0.29, 0.717) is 6.61 Å². The van der Waals surface area contributed by atoms with Gasteiger partial charge in [0.25, 0.3) is 0 Å². The minimum atomic E-state index is -0.135. The standard InChI is InChI=1S/C20H20N4O2/c25-20(15-12-14-6-1-2-8-17(14)26-13-15)23-11-5-7-16(23)19-22-21-18-9-3-4-10-24(18)19/h1-4,6,8-10,15-16H,5,7,11-13H2/t15-,16+/m1/s1. The van der Waals surface area contributed by atoms with Crippen LogP contribution in [0, 0.1) is 5.92 Å². The van der Waals surface area contributed by atoms with Crippen LogP contribution in [-0.2, 0) is 11.2 Å². The summed E-state index contributed by atoms with van der Waals surface area (Å²) < 4.78 is 7.82. The van der Waals surface area contributed by atoms with Gasteiger partial charge >= 0.3 is 0 Å². The summed E-state index contributed by atoms with van der Waals surface area (Å²) in [4.78, 5) is 15.2. The number of nitrogens with zero attached hydrogens (tertiary/aromatic N) is 4. The molecule has 2 atom stereocenters. The summed E-state index contributed by atoms with van der Waals surface area (Å²) in [6.07, 6.45) is 4.61. The van der Waals surface area contributed by atoms with Crippen molar-refractivity contribution in [3.05, 3.63) is 60.0 Å². The number of aromatic nitrogens is 3. The maximum atomic E-state index is 13.2. The van der Waals surface area contributed by atoms with Crippen LogP contribution in [0.1, 0.15) is 30.3 Å². The largest absolute Gasteiger partial charge is 0.492 e. The fourth-order valence-electron chi connectivity index (χ4n) is 4.11. The average Bonchev–Trinajstić information content (AvgIpc) is 3.33. The average molecular weight is 348 g/mol. The normalized spacial score (nSPS) is 22.2. The molecule has 2 aliphatic heterocycles. The van der Waals surface area contributed by atoms with Crippen LogP contribution >= 0.6 is 0 Å². The quantitative estimate of drug-likeness (QED) is 0.714. The molecule has 6 heteroatoms. The summed E-state index contributed by atoms with van der Waals surface area (Å²) in [5.41, 5.74) is 1.93. The second-order valence-electron chi connectivity index (χ2n) is 7.00. The molecule has 0 saturated carbocycles. The van der Waals surface area contributed by atoms with Gasteiger partial charge in [0.05, 0.1) is 12.0 Å². The minimum absolute atomic E-state index is 0.0166. The molecule has 2 aliphatic rings. The van der Waals surface area contributed by atoms with E-state index in [0.717, 1.165) is 48.6 Å². The molecule has 0 aliphatic carbocycles. The number of para-hydroxylation sites is 1. The van der Waals surface area contributed by atoms with Crippen LogP contribution in [-0.4, -0.2) is 38.6 Å². The van der Waals surface area contributed by atoms with Gasteiger partial charge in [0.15, 0.2) is 11.5 Å². The lowest BCUT2D eigenvalue weighted by Gasteiger charge is -2.30. The van der Waals surface area contributed by atoms with Crippen molar-refractivity contribution >= 4 is 11.6 Å². The molecule has 5 rings (SSSR count). The highest BCUT2D eigenvalue weighted by Crippen LogP contribution is 2.34. The molecule has 3 aromatic rings. The molecule has 0 N–H and O–H groups in total. The molecule has 0 spiro atoms. The maximum absolute atomic E-state index is 13.2. The summed E-state index contributed by atoms with van der Waals surface area (Å²) in [5.74, 6) is 1.78. The van der Waals surface area contributed by atoms with Crippen molar-refractivity contribution in [1.82, 2.24) is 19.5 Å². The summed E-state index contributed by atoms with van der Waals surface area (Å²) in [7, 11) is 0. The molecule has 2 aromatic heterocycles.